The number of aliphatic hydroxyl groups is 1. The predicted octanol–water partition coefficient (Wildman–Crippen LogP) is 1.40. The molecule has 5 heteroatoms. The molecule has 13 heavy (non-hydrogen) atoms. The summed E-state index contributed by atoms with van der Waals surface area (Å²) in [6.07, 6.45) is -4.99. The summed E-state index contributed by atoms with van der Waals surface area (Å²) in [6, 6.07) is 3.04. The van der Waals surface area contributed by atoms with E-state index in [1.54, 1.807) is 0 Å². The lowest BCUT2D eigenvalue weighted by atomic mass is 10.1. The van der Waals surface area contributed by atoms with E-state index in [2.05, 4.69) is 0 Å². The van der Waals surface area contributed by atoms with Crippen molar-refractivity contribution in [2.45, 2.75) is 12.5 Å². The zero-order valence-electron chi connectivity index (χ0n) is 6.48. The van der Waals surface area contributed by atoms with Crippen molar-refractivity contribution in [3.05, 3.63) is 23.8 Å². The molecule has 0 spiro atoms. The summed E-state index contributed by atoms with van der Waals surface area (Å²) in [5, 5.41) is 26.8. The number of hydrogen-bond acceptors (Lipinski definition) is 3. The van der Waals surface area contributed by atoms with E-state index in [1.165, 1.54) is 0 Å². The molecule has 0 saturated heterocycles. The Kier molecular flexibility index (Phi) is 2.67. The SMILES string of the molecule is Oc1ccc(C(O)C(F)F)c(O)c1. The Morgan fingerprint density at radius 3 is 2.23 bits per heavy atom. The van der Waals surface area contributed by atoms with Crippen LogP contribution in [0, 0.1) is 0 Å². The Labute approximate surface area is 72.9 Å². The molecule has 0 heterocycles. The van der Waals surface area contributed by atoms with Crippen molar-refractivity contribution < 1.29 is 24.1 Å². The molecule has 0 aliphatic carbocycles. The lowest BCUT2D eigenvalue weighted by Gasteiger charge is -2.11. The maximum absolute atomic E-state index is 12.0. The monoisotopic (exact) mass is 190 g/mol. The van der Waals surface area contributed by atoms with E-state index in [-0.39, 0.29) is 11.3 Å². The highest BCUT2D eigenvalue weighted by molar-refractivity contribution is 5.40. The molecule has 0 bridgehead atoms. The molecule has 3 nitrogen and oxygen atoms in total. The van der Waals surface area contributed by atoms with Gasteiger partial charge in [-0.15, -0.1) is 0 Å². The second kappa shape index (κ2) is 3.57. The third-order valence-corrected chi connectivity index (χ3v) is 1.57. The van der Waals surface area contributed by atoms with Crippen LogP contribution < -0.4 is 0 Å². The fraction of sp³-hybridized carbons (Fsp3) is 0.250. The Morgan fingerprint density at radius 1 is 1.15 bits per heavy atom. The molecule has 1 aromatic rings. The van der Waals surface area contributed by atoms with Gasteiger partial charge >= 0.3 is 0 Å². The van der Waals surface area contributed by atoms with E-state index < -0.39 is 18.3 Å². The Hall–Kier alpha value is -1.36. The maximum Gasteiger partial charge on any atom is 0.268 e. The van der Waals surface area contributed by atoms with Gasteiger partial charge in [0.25, 0.3) is 6.43 Å². The number of halogens is 2. The van der Waals surface area contributed by atoms with Crippen molar-refractivity contribution in [2.75, 3.05) is 0 Å². The Bertz CT molecular complexity index is 301. The van der Waals surface area contributed by atoms with E-state index in [1.807, 2.05) is 0 Å². The first-order valence-corrected chi connectivity index (χ1v) is 3.50. The highest BCUT2D eigenvalue weighted by Crippen LogP contribution is 2.30. The summed E-state index contributed by atoms with van der Waals surface area (Å²) in [4.78, 5) is 0. The molecular formula is C8H8F2O3. The first kappa shape index (κ1) is 9.73. The van der Waals surface area contributed by atoms with Gasteiger partial charge in [-0.05, 0) is 12.1 Å². The zero-order chi connectivity index (χ0) is 10.0. The molecule has 1 aromatic carbocycles. The number of phenolic OH excluding ortho intramolecular Hbond substituents is 2. The topological polar surface area (TPSA) is 60.7 Å². The van der Waals surface area contributed by atoms with Crippen molar-refractivity contribution >= 4 is 0 Å². The van der Waals surface area contributed by atoms with Gasteiger partial charge in [0.2, 0.25) is 0 Å². The maximum atomic E-state index is 12.0. The highest BCUT2D eigenvalue weighted by atomic mass is 19.3. The lowest BCUT2D eigenvalue weighted by Crippen LogP contribution is -2.07. The van der Waals surface area contributed by atoms with Crippen molar-refractivity contribution in [3.8, 4) is 11.5 Å². The summed E-state index contributed by atoms with van der Waals surface area (Å²) >= 11 is 0. The third-order valence-electron chi connectivity index (χ3n) is 1.57. The molecule has 1 atom stereocenters. The van der Waals surface area contributed by atoms with Crippen molar-refractivity contribution in [3.63, 3.8) is 0 Å². The standard InChI is InChI=1S/C8H8F2O3/c9-8(10)7(13)5-2-1-4(11)3-6(5)12/h1-3,7-8,11-13H. The normalized spacial score (nSPS) is 13.2. The summed E-state index contributed by atoms with van der Waals surface area (Å²) in [6.45, 7) is 0. The average Bonchev–Trinajstić information content (AvgIpc) is 2.03. The van der Waals surface area contributed by atoms with Gasteiger partial charge in [0.1, 0.15) is 17.6 Å². The number of hydrogen-bond donors (Lipinski definition) is 3. The van der Waals surface area contributed by atoms with Crippen molar-refractivity contribution in [1.29, 1.82) is 0 Å². The molecule has 0 saturated carbocycles. The average molecular weight is 190 g/mol. The van der Waals surface area contributed by atoms with Crippen molar-refractivity contribution in [1.82, 2.24) is 0 Å². The van der Waals surface area contributed by atoms with Gasteiger partial charge < -0.3 is 15.3 Å². The van der Waals surface area contributed by atoms with Crippen LogP contribution in [0.25, 0.3) is 0 Å². The van der Waals surface area contributed by atoms with Gasteiger partial charge in [-0.1, -0.05) is 0 Å². The molecule has 0 fully saturated rings. The van der Waals surface area contributed by atoms with Gasteiger partial charge in [0.05, 0.1) is 0 Å². The van der Waals surface area contributed by atoms with Crippen LogP contribution in [-0.2, 0) is 0 Å². The van der Waals surface area contributed by atoms with E-state index in [4.69, 9.17) is 15.3 Å². The summed E-state index contributed by atoms with van der Waals surface area (Å²) in [5.74, 6) is -0.796. The Balaban J connectivity index is 3.01. The number of alkyl halides is 2. The number of rotatable bonds is 2. The van der Waals surface area contributed by atoms with Crippen LogP contribution >= 0.6 is 0 Å². The largest absolute Gasteiger partial charge is 0.508 e. The number of aliphatic hydroxyl groups excluding tert-OH is 1. The lowest BCUT2D eigenvalue weighted by molar-refractivity contribution is -0.00700. The molecule has 0 radical (unpaired) electrons. The van der Waals surface area contributed by atoms with E-state index in [0.717, 1.165) is 18.2 Å². The first-order chi connectivity index (χ1) is 6.02. The zero-order valence-corrected chi connectivity index (χ0v) is 6.48. The van der Waals surface area contributed by atoms with Crippen molar-refractivity contribution in [2.24, 2.45) is 0 Å². The summed E-state index contributed by atoms with van der Waals surface area (Å²) < 4.78 is 23.9. The fourth-order valence-corrected chi connectivity index (χ4v) is 0.918. The second-order valence-electron chi connectivity index (χ2n) is 2.52. The van der Waals surface area contributed by atoms with E-state index in [9.17, 15) is 8.78 Å². The minimum Gasteiger partial charge on any atom is -0.508 e. The van der Waals surface area contributed by atoms with Gasteiger partial charge in [-0.3, -0.25) is 0 Å². The van der Waals surface area contributed by atoms with Gasteiger partial charge in [-0.2, -0.15) is 0 Å². The molecular weight excluding hydrogens is 182 g/mol. The third kappa shape index (κ3) is 2.06. The Morgan fingerprint density at radius 2 is 1.77 bits per heavy atom. The first-order valence-electron chi connectivity index (χ1n) is 3.50. The van der Waals surface area contributed by atoms with Crippen LogP contribution in [0.2, 0.25) is 0 Å². The van der Waals surface area contributed by atoms with Gasteiger partial charge in [0, 0.05) is 11.6 Å². The quantitative estimate of drug-likeness (QED) is 0.660. The smallest absolute Gasteiger partial charge is 0.268 e. The molecule has 0 amide bonds. The highest BCUT2D eigenvalue weighted by Gasteiger charge is 2.22. The fourth-order valence-electron chi connectivity index (χ4n) is 0.918. The van der Waals surface area contributed by atoms with E-state index in [0.29, 0.717) is 0 Å². The molecule has 3 N–H and O–H groups in total. The van der Waals surface area contributed by atoms with Gasteiger partial charge in [-0.25, -0.2) is 8.78 Å². The van der Waals surface area contributed by atoms with Crippen LogP contribution in [0.5, 0.6) is 11.5 Å². The van der Waals surface area contributed by atoms with Crippen LogP contribution in [0.1, 0.15) is 11.7 Å². The predicted molar refractivity (Wildman–Crippen MR) is 40.7 cm³/mol. The number of benzene rings is 1. The van der Waals surface area contributed by atoms with Crippen LogP contribution in [-0.4, -0.2) is 21.7 Å². The molecule has 1 unspecified atom stereocenters. The summed E-state index contributed by atoms with van der Waals surface area (Å²) in [5.41, 5.74) is -0.298. The van der Waals surface area contributed by atoms with Gasteiger partial charge in [0.15, 0.2) is 0 Å². The molecule has 0 aromatic heterocycles. The molecule has 0 aliphatic rings. The van der Waals surface area contributed by atoms with Crippen LogP contribution in [0.15, 0.2) is 18.2 Å². The number of phenols is 2. The number of aromatic hydroxyl groups is 2. The van der Waals surface area contributed by atoms with Crippen LogP contribution in [0.3, 0.4) is 0 Å². The second-order valence-corrected chi connectivity index (χ2v) is 2.52. The minimum absolute atomic E-state index is 0.247. The van der Waals surface area contributed by atoms with E-state index >= 15 is 0 Å². The van der Waals surface area contributed by atoms with Crippen LogP contribution in [0.4, 0.5) is 8.78 Å². The molecule has 72 valence electrons. The molecule has 1 rings (SSSR count). The minimum atomic E-state index is -2.96. The summed E-state index contributed by atoms with van der Waals surface area (Å²) in [7, 11) is 0. The molecule has 0 aliphatic heterocycles.